The Balaban J connectivity index is 3.43. The molecule has 0 saturated carbocycles. The summed E-state index contributed by atoms with van der Waals surface area (Å²) in [6, 6.07) is 2.28. The molecule has 0 spiro atoms. The van der Waals surface area contributed by atoms with Crippen LogP contribution in [0.4, 0.5) is 4.39 Å². The Morgan fingerprint density at radius 3 is 2.50 bits per heavy atom. The van der Waals surface area contributed by atoms with Crippen LogP contribution in [-0.2, 0) is 9.84 Å². The van der Waals surface area contributed by atoms with E-state index in [1.807, 2.05) is 0 Å². The molecule has 0 unspecified atom stereocenters. The second-order valence-corrected chi connectivity index (χ2v) is 5.68. The van der Waals surface area contributed by atoms with Crippen LogP contribution in [-0.4, -0.2) is 34.1 Å². The van der Waals surface area contributed by atoms with Crippen molar-refractivity contribution >= 4 is 15.6 Å². The van der Waals surface area contributed by atoms with E-state index >= 15 is 0 Å². The summed E-state index contributed by atoms with van der Waals surface area (Å²) in [6.45, 7) is 0.122. The number of halogens is 1. The van der Waals surface area contributed by atoms with Gasteiger partial charge in [0.2, 0.25) is 0 Å². The van der Waals surface area contributed by atoms with Gasteiger partial charge in [-0.25, -0.2) is 12.8 Å². The predicted octanol–water partition coefficient (Wildman–Crippen LogP) is 0.769. The Bertz CT molecular complexity index is 569. The molecule has 1 rings (SSSR count). The third-order valence-corrected chi connectivity index (χ3v) is 3.45. The predicted molar refractivity (Wildman–Crippen MR) is 64.1 cm³/mol. The van der Waals surface area contributed by atoms with Crippen LogP contribution in [0.5, 0.6) is 5.75 Å². The molecule has 7 heteroatoms. The highest BCUT2D eigenvalue weighted by Crippen LogP contribution is 2.29. The second-order valence-electron chi connectivity index (χ2n) is 3.69. The van der Waals surface area contributed by atoms with Crippen molar-refractivity contribution in [3.8, 4) is 5.75 Å². The number of ether oxygens (including phenoxy) is 1. The molecule has 0 aliphatic heterocycles. The number of carbonyl (C=O) groups is 1. The fraction of sp³-hybridized carbons (Fsp3) is 0.364. The van der Waals surface area contributed by atoms with Crippen molar-refractivity contribution in [3.05, 3.63) is 23.5 Å². The lowest BCUT2D eigenvalue weighted by Crippen LogP contribution is -2.12. The van der Waals surface area contributed by atoms with Gasteiger partial charge in [0.1, 0.15) is 4.90 Å². The van der Waals surface area contributed by atoms with Crippen LogP contribution in [0.3, 0.4) is 0 Å². The summed E-state index contributed by atoms with van der Waals surface area (Å²) in [7, 11) is -2.54. The standard InChI is InChI=1S/C11H14FNO4S/c1-17-11-7(8(14)5-6-13)3-4-9(10(11)12)18(2,15)16/h3-4H,5-6,13H2,1-2H3. The third kappa shape index (κ3) is 2.85. The molecule has 1 aromatic carbocycles. The van der Waals surface area contributed by atoms with E-state index in [1.54, 1.807) is 0 Å². The average molecular weight is 275 g/mol. The van der Waals surface area contributed by atoms with E-state index in [2.05, 4.69) is 0 Å². The summed E-state index contributed by atoms with van der Waals surface area (Å²) in [6.07, 6.45) is 0.917. The van der Waals surface area contributed by atoms with Gasteiger partial charge in [-0.3, -0.25) is 4.79 Å². The van der Waals surface area contributed by atoms with Crippen molar-refractivity contribution < 1.29 is 22.3 Å². The van der Waals surface area contributed by atoms with Gasteiger partial charge < -0.3 is 10.5 Å². The molecule has 0 heterocycles. The molecule has 100 valence electrons. The average Bonchev–Trinajstić information content (AvgIpc) is 2.27. The van der Waals surface area contributed by atoms with Crippen LogP contribution in [0.1, 0.15) is 16.8 Å². The minimum Gasteiger partial charge on any atom is -0.493 e. The van der Waals surface area contributed by atoms with Gasteiger partial charge >= 0.3 is 0 Å². The van der Waals surface area contributed by atoms with E-state index in [9.17, 15) is 17.6 Å². The van der Waals surface area contributed by atoms with Gasteiger partial charge in [-0.2, -0.15) is 0 Å². The zero-order chi connectivity index (χ0) is 13.9. The van der Waals surface area contributed by atoms with Crippen LogP contribution in [0.2, 0.25) is 0 Å². The van der Waals surface area contributed by atoms with E-state index in [0.29, 0.717) is 0 Å². The molecule has 0 aliphatic carbocycles. The molecule has 0 aliphatic rings. The number of carbonyl (C=O) groups excluding carboxylic acids is 1. The molecule has 0 atom stereocenters. The first kappa shape index (κ1) is 14.6. The van der Waals surface area contributed by atoms with Crippen LogP contribution in [0.25, 0.3) is 0 Å². The van der Waals surface area contributed by atoms with Crippen LogP contribution < -0.4 is 10.5 Å². The number of benzene rings is 1. The normalized spacial score (nSPS) is 11.3. The number of Topliss-reactive ketones (excluding diaryl/α,β-unsaturated/α-hetero) is 1. The highest BCUT2D eigenvalue weighted by atomic mass is 32.2. The highest BCUT2D eigenvalue weighted by Gasteiger charge is 2.23. The van der Waals surface area contributed by atoms with Gasteiger partial charge in [0.25, 0.3) is 0 Å². The molecular weight excluding hydrogens is 261 g/mol. The largest absolute Gasteiger partial charge is 0.493 e. The third-order valence-electron chi connectivity index (χ3n) is 2.34. The lowest BCUT2D eigenvalue weighted by Gasteiger charge is -2.10. The lowest BCUT2D eigenvalue weighted by atomic mass is 10.1. The number of hydrogen-bond donors (Lipinski definition) is 1. The zero-order valence-corrected chi connectivity index (χ0v) is 10.9. The van der Waals surface area contributed by atoms with Gasteiger partial charge in [-0.15, -0.1) is 0 Å². The Labute approximate surface area is 105 Å². The van der Waals surface area contributed by atoms with Crippen molar-refractivity contribution in [2.45, 2.75) is 11.3 Å². The van der Waals surface area contributed by atoms with Crippen molar-refractivity contribution in [2.24, 2.45) is 5.73 Å². The van der Waals surface area contributed by atoms with Crippen molar-refractivity contribution in [3.63, 3.8) is 0 Å². The maximum absolute atomic E-state index is 13.9. The molecular formula is C11H14FNO4S. The van der Waals surface area contributed by atoms with E-state index in [1.165, 1.54) is 13.2 Å². The first-order valence-corrected chi connectivity index (χ1v) is 7.02. The van der Waals surface area contributed by atoms with Crippen LogP contribution in [0, 0.1) is 5.82 Å². The quantitative estimate of drug-likeness (QED) is 0.802. The molecule has 0 saturated heterocycles. The molecule has 0 aromatic heterocycles. The minimum absolute atomic E-state index is 0.00662. The molecule has 5 nitrogen and oxygen atoms in total. The monoisotopic (exact) mass is 275 g/mol. The maximum Gasteiger partial charge on any atom is 0.184 e. The van der Waals surface area contributed by atoms with E-state index in [4.69, 9.17) is 10.5 Å². The van der Waals surface area contributed by atoms with Gasteiger partial charge in [0, 0.05) is 12.7 Å². The SMILES string of the molecule is COc1c(C(=O)CCN)ccc(S(C)(=O)=O)c1F. The van der Waals surface area contributed by atoms with Crippen molar-refractivity contribution in [1.82, 2.24) is 0 Å². The molecule has 0 fully saturated rings. The number of hydrogen-bond acceptors (Lipinski definition) is 5. The van der Waals surface area contributed by atoms with Crippen molar-refractivity contribution in [2.75, 3.05) is 19.9 Å². The molecule has 0 amide bonds. The smallest absolute Gasteiger partial charge is 0.184 e. The summed E-state index contributed by atoms with van der Waals surface area (Å²) >= 11 is 0. The highest BCUT2D eigenvalue weighted by molar-refractivity contribution is 7.90. The summed E-state index contributed by atoms with van der Waals surface area (Å²) in [5, 5.41) is 0. The van der Waals surface area contributed by atoms with E-state index in [-0.39, 0.29) is 24.3 Å². The van der Waals surface area contributed by atoms with Gasteiger partial charge in [-0.1, -0.05) is 0 Å². The first-order valence-electron chi connectivity index (χ1n) is 5.12. The first-order chi connectivity index (χ1) is 8.32. The summed E-state index contributed by atoms with van der Waals surface area (Å²) < 4.78 is 41.4. The van der Waals surface area contributed by atoms with E-state index in [0.717, 1.165) is 12.3 Å². The minimum atomic E-state index is -3.71. The number of ketones is 1. The fourth-order valence-electron chi connectivity index (χ4n) is 1.51. The lowest BCUT2D eigenvalue weighted by molar-refractivity contribution is 0.0981. The molecule has 0 bridgehead atoms. The summed E-state index contributed by atoms with van der Waals surface area (Å²) in [5.74, 6) is -1.81. The van der Waals surface area contributed by atoms with Gasteiger partial charge in [0.05, 0.1) is 12.7 Å². The fourth-order valence-corrected chi connectivity index (χ4v) is 2.24. The molecule has 2 N–H and O–H groups in total. The summed E-state index contributed by atoms with van der Waals surface area (Å²) in [4.78, 5) is 11.2. The Kier molecular flexibility index (Phi) is 4.42. The maximum atomic E-state index is 13.9. The number of methoxy groups -OCH3 is 1. The Hall–Kier alpha value is -1.47. The number of nitrogens with two attached hydrogens (primary N) is 1. The number of rotatable bonds is 5. The topological polar surface area (TPSA) is 86.5 Å². The summed E-state index contributed by atoms with van der Waals surface area (Å²) in [5.41, 5.74) is 5.24. The molecule has 0 radical (unpaired) electrons. The van der Waals surface area contributed by atoms with Gasteiger partial charge in [0.15, 0.2) is 27.2 Å². The molecule has 18 heavy (non-hydrogen) atoms. The Morgan fingerprint density at radius 2 is 2.06 bits per heavy atom. The van der Waals surface area contributed by atoms with Crippen LogP contribution >= 0.6 is 0 Å². The zero-order valence-electron chi connectivity index (χ0n) is 10.1. The Morgan fingerprint density at radius 1 is 1.44 bits per heavy atom. The second kappa shape index (κ2) is 5.45. The van der Waals surface area contributed by atoms with Gasteiger partial charge in [-0.05, 0) is 18.7 Å². The van der Waals surface area contributed by atoms with Crippen molar-refractivity contribution in [1.29, 1.82) is 0 Å². The number of sulfone groups is 1. The molecule has 1 aromatic rings. The van der Waals surface area contributed by atoms with Crippen LogP contribution in [0.15, 0.2) is 17.0 Å². The van der Waals surface area contributed by atoms with E-state index < -0.39 is 26.3 Å².